The Labute approximate surface area is 108 Å². The van der Waals surface area contributed by atoms with Gasteiger partial charge >= 0.3 is 0 Å². The van der Waals surface area contributed by atoms with E-state index < -0.39 is 0 Å². The second-order valence-corrected chi connectivity index (χ2v) is 6.01. The fourth-order valence-corrected chi connectivity index (χ4v) is 3.33. The lowest BCUT2D eigenvalue weighted by atomic mass is 10.2. The number of thiazole rings is 1. The van der Waals surface area contributed by atoms with Gasteiger partial charge < -0.3 is 10.2 Å². The molecule has 3 nitrogen and oxygen atoms in total. The summed E-state index contributed by atoms with van der Waals surface area (Å²) < 4.78 is 0. The third-order valence-corrected chi connectivity index (χ3v) is 4.56. The summed E-state index contributed by atoms with van der Waals surface area (Å²) in [6.07, 6.45) is 3.81. The quantitative estimate of drug-likeness (QED) is 0.818. The van der Waals surface area contributed by atoms with Crippen molar-refractivity contribution >= 4 is 16.5 Å². The maximum atomic E-state index is 4.69. The van der Waals surface area contributed by atoms with E-state index >= 15 is 0 Å². The minimum Gasteiger partial charge on any atom is -0.344 e. The molecule has 1 fully saturated rings. The van der Waals surface area contributed by atoms with E-state index in [4.69, 9.17) is 0 Å². The highest BCUT2D eigenvalue weighted by atomic mass is 32.1. The number of aromatic nitrogens is 1. The van der Waals surface area contributed by atoms with E-state index in [1.165, 1.54) is 41.5 Å². The molecule has 1 aromatic heterocycles. The molecule has 0 amide bonds. The van der Waals surface area contributed by atoms with Gasteiger partial charge in [0.05, 0.1) is 5.69 Å². The summed E-state index contributed by atoms with van der Waals surface area (Å²) >= 11 is 1.84. The Morgan fingerprint density at radius 2 is 2.29 bits per heavy atom. The van der Waals surface area contributed by atoms with Crippen LogP contribution in [0.4, 0.5) is 5.13 Å². The minimum absolute atomic E-state index is 0.645. The van der Waals surface area contributed by atoms with Crippen molar-refractivity contribution in [3.8, 4) is 0 Å². The Balaban J connectivity index is 1.98. The number of hydrogen-bond donors (Lipinski definition) is 1. The van der Waals surface area contributed by atoms with E-state index in [1.54, 1.807) is 0 Å². The molecule has 0 aliphatic carbocycles. The SMILES string of the molecule is CCCNCC1CCCN1c1nc(C)c(C)s1. The smallest absolute Gasteiger partial charge is 0.186 e. The Morgan fingerprint density at radius 1 is 1.47 bits per heavy atom. The molecule has 17 heavy (non-hydrogen) atoms. The largest absolute Gasteiger partial charge is 0.344 e. The van der Waals surface area contributed by atoms with Crippen molar-refractivity contribution in [3.63, 3.8) is 0 Å². The highest BCUT2D eigenvalue weighted by Gasteiger charge is 2.26. The van der Waals surface area contributed by atoms with E-state index in [2.05, 4.69) is 36.0 Å². The monoisotopic (exact) mass is 253 g/mol. The molecular formula is C13H23N3S. The summed E-state index contributed by atoms with van der Waals surface area (Å²) in [5.74, 6) is 0. The van der Waals surface area contributed by atoms with E-state index in [-0.39, 0.29) is 0 Å². The third kappa shape index (κ3) is 2.99. The van der Waals surface area contributed by atoms with Gasteiger partial charge in [-0.2, -0.15) is 0 Å². The van der Waals surface area contributed by atoms with Crippen LogP contribution < -0.4 is 10.2 Å². The van der Waals surface area contributed by atoms with Crippen molar-refractivity contribution in [2.45, 2.75) is 46.1 Å². The van der Waals surface area contributed by atoms with Gasteiger partial charge in [-0.3, -0.25) is 0 Å². The molecule has 2 rings (SSSR count). The second-order valence-electron chi connectivity index (χ2n) is 4.83. The van der Waals surface area contributed by atoms with Crippen molar-refractivity contribution in [3.05, 3.63) is 10.6 Å². The third-order valence-electron chi connectivity index (χ3n) is 3.45. The summed E-state index contributed by atoms with van der Waals surface area (Å²) in [5, 5.41) is 4.76. The van der Waals surface area contributed by atoms with Crippen LogP contribution >= 0.6 is 11.3 Å². The van der Waals surface area contributed by atoms with Gasteiger partial charge in [-0.15, -0.1) is 11.3 Å². The Hall–Kier alpha value is -0.610. The predicted octanol–water partition coefficient (Wildman–Crippen LogP) is 2.73. The molecule has 1 atom stereocenters. The van der Waals surface area contributed by atoms with Crippen LogP contribution in [-0.2, 0) is 0 Å². The zero-order valence-corrected chi connectivity index (χ0v) is 11.9. The summed E-state index contributed by atoms with van der Waals surface area (Å²) in [6, 6.07) is 0.645. The summed E-state index contributed by atoms with van der Waals surface area (Å²) in [7, 11) is 0. The minimum atomic E-state index is 0.645. The zero-order valence-electron chi connectivity index (χ0n) is 11.1. The lowest BCUT2D eigenvalue weighted by Gasteiger charge is -2.24. The summed E-state index contributed by atoms with van der Waals surface area (Å²) in [5.41, 5.74) is 1.19. The van der Waals surface area contributed by atoms with Gasteiger partial charge in [0.1, 0.15) is 0 Å². The van der Waals surface area contributed by atoms with Crippen LogP contribution in [0.25, 0.3) is 0 Å². The lowest BCUT2D eigenvalue weighted by Crippen LogP contribution is -2.38. The van der Waals surface area contributed by atoms with Crippen molar-refractivity contribution in [1.29, 1.82) is 0 Å². The zero-order chi connectivity index (χ0) is 12.3. The average molecular weight is 253 g/mol. The van der Waals surface area contributed by atoms with E-state index in [0.717, 1.165) is 13.1 Å². The molecule has 1 saturated heterocycles. The molecule has 1 aliphatic heterocycles. The molecule has 1 unspecified atom stereocenters. The van der Waals surface area contributed by atoms with E-state index in [9.17, 15) is 0 Å². The van der Waals surface area contributed by atoms with Crippen LogP contribution in [0.5, 0.6) is 0 Å². The van der Waals surface area contributed by atoms with Crippen molar-refractivity contribution < 1.29 is 0 Å². The van der Waals surface area contributed by atoms with Gasteiger partial charge in [-0.05, 0) is 39.7 Å². The lowest BCUT2D eigenvalue weighted by molar-refractivity contribution is 0.570. The molecule has 4 heteroatoms. The van der Waals surface area contributed by atoms with Gasteiger partial charge in [-0.25, -0.2) is 4.98 Å². The fourth-order valence-electron chi connectivity index (χ4n) is 2.32. The first-order valence-corrected chi connectivity index (χ1v) is 7.45. The first kappa shape index (κ1) is 12.8. The molecular weight excluding hydrogens is 230 g/mol. The maximum Gasteiger partial charge on any atom is 0.186 e. The van der Waals surface area contributed by atoms with Gasteiger partial charge in [0.15, 0.2) is 5.13 Å². The van der Waals surface area contributed by atoms with Crippen molar-refractivity contribution in [1.82, 2.24) is 10.3 Å². The normalized spacial score (nSPS) is 20.2. The molecule has 0 spiro atoms. The van der Waals surface area contributed by atoms with Crippen LogP contribution in [0.2, 0.25) is 0 Å². The highest BCUT2D eigenvalue weighted by molar-refractivity contribution is 7.15. The van der Waals surface area contributed by atoms with Gasteiger partial charge in [-0.1, -0.05) is 6.92 Å². The molecule has 1 aliphatic rings. The molecule has 0 aromatic carbocycles. The average Bonchev–Trinajstić information content (AvgIpc) is 2.87. The maximum absolute atomic E-state index is 4.69. The molecule has 96 valence electrons. The van der Waals surface area contributed by atoms with E-state index in [0.29, 0.717) is 6.04 Å². The number of anilines is 1. The topological polar surface area (TPSA) is 28.2 Å². The van der Waals surface area contributed by atoms with Crippen molar-refractivity contribution in [2.75, 3.05) is 24.5 Å². The Bertz CT molecular complexity index is 342. The first-order chi connectivity index (χ1) is 8.22. The number of hydrogen-bond acceptors (Lipinski definition) is 4. The summed E-state index contributed by atoms with van der Waals surface area (Å²) in [4.78, 5) is 8.53. The van der Waals surface area contributed by atoms with Crippen LogP contribution in [0.3, 0.4) is 0 Å². The molecule has 2 heterocycles. The van der Waals surface area contributed by atoms with Crippen LogP contribution in [0.1, 0.15) is 36.8 Å². The number of nitrogens with one attached hydrogen (secondary N) is 1. The van der Waals surface area contributed by atoms with Gasteiger partial charge in [0, 0.05) is 24.0 Å². The molecule has 1 N–H and O–H groups in total. The fraction of sp³-hybridized carbons (Fsp3) is 0.769. The van der Waals surface area contributed by atoms with Crippen LogP contribution in [-0.4, -0.2) is 30.7 Å². The number of nitrogens with zero attached hydrogens (tertiary/aromatic N) is 2. The van der Waals surface area contributed by atoms with Crippen LogP contribution in [0.15, 0.2) is 0 Å². The van der Waals surface area contributed by atoms with Gasteiger partial charge in [0.2, 0.25) is 0 Å². The highest BCUT2D eigenvalue weighted by Crippen LogP contribution is 2.30. The van der Waals surface area contributed by atoms with Crippen molar-refractivity contribution in [2.24, 2.45) is 0 Å². The molecule has 0 radical (unpaired) electrons. The van der Waals surface area contributed by atoms with E-state index in [1.807, 2.05) is 11.3 Å². The number of rotatable bonds is 5. The second kappa shape index (κ2) is 5.83. The Morgan fingerprint density at radius 3 is 2.94 bits per heavy atom. The predicted molar refractivity (Wildman–Crippen MR) is 75.1 cm³/mol. The molecule has 1 aromatic rings. The molecule has 0 saturated carbocycles. The number of aryl methyl sites for hydroxylation is 2. The summed E-state index contributed by atoms with van der Waals surface area (Å²) in [6.45, 7) is 9.89. The Kier molecular flexibility index (Phi) is 4.40. The molecule has 0 bridgehead atoms. The first-order valence-electron chi connectivity index (χ1n) is 6.63. The van der Waals surface area contributed by atoms with Crippen LogP contribution in [0, 0.1) is 13.8 Å². The standard InChI is InChI=1S/C13H23N3S/c1-4-7-14-9-12-6-5-8-16(12)13-15-10(2)11(3)17-13/h12,14H,4-9H2,1-3H3. The van der Waals surface area contributed by atoms with Gasteiger partial charge in [0.25, 0.3) is 0 Å².